The third kappa shape index (κ3) is 7.30. The summed E-state index contributed by atoms with van der Waals surface area (Å²) in [6.07, 6.45) is 2.94. The Bertz CT molecular complexity index is 1180. The van der Waals surface area contributed by atoms with E-state index in [0.29, 0.717) is 0 Å². The number of pyridine rings is 1. The lowest BCUT2D eigenvalue weighted by atomic mass is 9.98. The van der Waals surface area contributed by atoms with Crippen LogP contribution in [0.3, 0.4) is 0 Å². The van der Waals surface area contributed by atoms with Gasteiger partial charge < -0.3 is 19.8 Å². The molecule has 0 aliphatic carbocycles. The maximum atomic E-state index is 13.4. The number of amides is 2. The Kier molecular flexibility index (Phi) is 8.15. The first kappa shape index (κ1) is 27.7. The summed E-state index contributed by atoms with van der Waals surface area (Å²) >= 11 is 1.46. The highest BCUT2D eigenvalue weighted by atomic mass is 32.1. The second-order valence-electron chi connectivity index (χ2n) is 11.4. The summed E-state index contributed by atoms with van der Waals surface area (Å²) in [6, 6.07) is 11.4. The fourth-order valence-electron chi connectivity index (χ4n) is 3.23. The normalized spacial score (nSPS) is 13.2. The predicted molar refractivity (Wildman–Crippen MR) is 149 cm³/mol. The summed E-state index contributed by atoms with van der Waals surface area (Å²) in [5.74, 6) is -0.0620. The zero-order valence-electron chi connectivity index (χ0n) is 22.4. The van der Waals surface area contributed by atoms with Gasteiger partial charge in [0.25, 0.3) is 0 Å². The molecule has 2 N–H and O–H groups in total. The number of rotatable bonds is 7. The molecule has 1 aromatic carbocycles. The van der Waals surface area contributed by atoms with Gasteiger partial charge >= 0.3 is 6.09 Å². The summed E-state index contributed by atoms with van der Waals surface area (Å²) in [6.45, 7) is 16.5. The molecular formula is C27H37N3O4SSi. The first-order valence-electron chi connectivity index (χ1n) is 12.0. The Morgan fingerprint density at radius 2 is 1.72 bits per heavy atom. The topological polar surface area (TPSA) is 89.5 Å². The molecule has 1 atom stereocenters. The molecule has 2 amide bonds. The molecule has 2 heterocycles. The van der Waals surface area contributed by atoms with Gasteiger partial charge in [0, 0.05) is 18.9 Å². The lowest BCUT2D eigenvalue weighted by Crippen LogP contribution is -2.43. The second kappa shape index (κ2) is 10.6. The minimum absolute atomic E-state index is 0.0746. The van der Waals surface area contributed by atoms with Gasteiger partial charge in [-0.2, -0.15) is 0 Å². The number of aromatic nitrogens is 1. The quantitative estimate of drug-likeness (QED) is 0.325. The Hall–Kier alpha value is -2.91. The third-order valence-corrected chi connectivity index (χ3v) is 11.6. The van der Waals surface area contributed by atoms with Gasteiger partial charge in [0.05, 0.1) is 15.6 Å². The van der Waals surface area contributed by atoms with E-state index >= 15 is 0 Å². The number of carbonyl (C=O) groups excluding carboxylic acids is 2. The van der Waals surface area contributed by atoms with Gasteiger partial charge in [0.2, 0.25) is 14.2 Å². The van der Waals surface area contributed by atoms with E-state index in [4.69, 9.17) is 9.16 Å². The van der Waals surface area contributed by atoms with Crippen molar-refractivity contribution in [3.63, 3.8) is 0 Å². The lowest BCUT2D eigenvalue weighted by Gasteiger charge is -2.36. The van der Waals surface area contributed by atoms with Gasteiger partial charge in [-0.1, -0.05) is 32.9 Å². The molecule has 36 heavy (non-hydrogen) atoms. The van der Waals surface area contributed by atoms with Gasteiger partial charge in [-0.25, -0.2) is 4.79 Å². The van der Waals surface area contributed by atoms with Crippen LogP contribution in [0.4, 0.5) is 9.80 Å². The standard InChI is InChI=1S/C27H37N3O4SSi/c1-26(2,3)33-25(32)29-16-21(24(31)30-23-15-19-13-14-28-17-22(19)35-23)18-9-11-20(12-10-18)34-36(7,8)27(4,5)6/h9-15,17,21H,16H2,1-8H3,(H,29,32)(H,30,31). The molecule has 0 radical (unpaired) electrons. The molecule has 1 unspecified atom stereocenters. The molecule has 0 spiro atoms. The Morgan fingerprint density at radius 1 is 1.06 bits per heavy atom. The molecule has 0 bridgehead atoms. The van der Waals surface area contributed by atoms with Gasteiger partial charge in [-0.05, 0) is 74.1 Å². The molecule has 194 valence electrons. The van der Waals surface area contributed by atoms with E-state index in [1.165, 1.54) is 11.3 Å². The molecule has 9 heteroatoms. The van der Waals surface area contributed by atoms with Gasteiger partial charge in [-0.15, -0.1) is 11.3 Å². The summed E-state index contributed by atoms with van der Waals surface area (Å²) in [7, 11) is -1.99. The van der Waals surface area contributed by atoms with E-state index in [2.05, 4.69) is 49.5 Å². The van der Waals surface area contributed by atoms with Crippen molar-refractivity contribution in [2.24, 2.45) is 0 Å². The van der Waals surface area contributed by atoms with E-state index in [-0.39, 0.29) is 17.5 Å². The highest BCUT2D eigenvalue weighted by Gasteiger charge is 2.39. The average molecular weight is 528 g/mol. The number of alkyl carbamates (subject to hydrolysis) is 1. The SMILES string of the molecule is CC(C)(C)OC(=O)NCC(C(=O)Nc1cc2ccncc2s1)c1ccc(O[Si](C)(C)C(C)(C)C)cc1. The molecule has 7 nitrogen and oxygen atoms in total. The number of hydrogen-bond donors (Lipinski definition) is 2. The average Bonchev–Trinajstić information content (AvgIpc) is 3.15. The highest BCUT2D eigenvalue weighted by molar-refractivity contribution is 7.22. The van der Waals surface area contributed by atoms with Crippen LogP contribution in [0.2, 0.25) is 18.1 Å². The van der Waals surface area contributed by atoms with Crippen LogP contribution < -0.4 is 15.1 Å². The maximum Gasteiger partial charge on any atom is 0.407 e. The Balaban J connectivity index is 1.81. The van der Waals surface area contributed by atoms with Crippen LogP contribution in [0.1, 0.15) is 53.0 Å². The van der Waals surface area contributed by atoms with Crippen molar-refractivity contribution in [1.29, 1.82) is 0 Å². The van der Waals surface area contributed by atoms with Crippen LogP contribution in [0.15, 0.2) is 48.8 Å². The van der Waals surface area contributed by atoms with E-state index in [1.54, 1.807) is 33.2 Å². The van der Waals surface area contributed by atoms with Crippen molar-refractivity contribution in [3.05, 3.63) is 54.4 Å². The largest absolute Gasteiger partial charge is 0.544 e. The highest BCUT2D eigenvalue weighted by Crippen LogP contribution is 2.37. The van der Waals surface area contributed by atoms with Crippen molar-refractivity contribution in [3.8, 4) is 5.75 Å². The van der Waals surface area contributed by atoms with Crippen LogP contribution >= 0.6 is 11.3 Å². The third-order valence-electron chi connectivity index (χ3n) is 6.20. The first-order chi connectivity index (χ1) is 16.6. The van der Waals surface area contributed by atoms with Gasteiger partial charge in [-0.3, -0.25) is 9.78 Å². The van der Waals surface area contributed by atoms with Crippen LogP contribution in [-0.4, -0.2) is 37.4 Å². The second-order valence-corrected chi connectivity index (χ2v) is 17.2. The molecule has 2 aromatic heterocycles. The number of hydrogen-bond acceptors (Lipinski definition) is 6. The minimum Gasteiger partial charge on any atom is -0.544 e. The minimum atomic E-state index is -1.99. The van der Waals surface area contributed by atoms with E-state index in [0.717, 1.165) is 26.4 Å². The van der Waals surface area contributed by atoms with Crippen LogP contribution in [0, 0.1) is 0 Å². The van der Waals surface area contributed by atoms with Crippen molar-refractivity contribution < 1.29 is 18.8 Å². The number of nitrogens with one attached hydrogen (secondary N) is 2. The van der Waals surface area contributed by atoms with Crippen molar-refractivity contribution in [1.82, 2.24) is 10.3 Å². The van der Waals surface area contributed by atoms with Crippen molar-refractivity contribution in [2.75, 3.05) is 11.9 Å². The Labute approximate surface area is 218 Å². The molecular weight excluding hydrogens is 490 g/mol. The summed E-state index contributed by atoms with van der Waals surface area (Å²) in [5, 5.41) is 7.58. The first-order valence-corrected chi connectivity index (χ1v) is 15.8. The maximum absolute atomic E-state index is 13.4. The van der Waals surface area contributed by atoms with E-state index < -0.39 is 25.9 Å². The number of anilines is 1. The molecule has 3 aromatic rings. The number of carbonyl (C=O) groups is 2. The van der Waals surface area contributed by atoms with Crippen molar-refractivity contribution in [2.45, 2.75) is 71.2 Å². The number of benzene rings is 1. The van der Waals surface area contributed by atoms with Crippen LogP contribution in [-0.2, 0) is 9.53 Å². The van der Waals surface area contributed by atoms with E-state index in [9.17, 15) is 9.59 Å². The molecule has 0 saturated heterocycles. The molecule has 0 aliphatic heterocycles. The number of thiophene rings is 1. The number of ether oxygens (including phenoxy) is 1. The van der Waals surface area contributed by atoms with Crippen molar-refractivity contribution >= 4 is 46.7 Å². The number of nitrogens with zero attached hydrogens (tertiary/aromatic N) is 1. The number of fused-ring (bicyclic) bond motifs is 1. The summed E-state index contributed by atoms with van der Waals surface area (Å²) in [5.41, 5.74) is 0.143. The lowest BCUT2D eigenvalue weighted by molar-refractivity contribution is -0.117. The van der Waals surface area contributed by atoms with Gasteiger partial charge in [0.1, 0.15) is 11.4 Å². The fraction of sp³-hybridized carbons (Fsp3) is 0.444. The molecule has 0 saturated carbocycles. The predicted octanol–water partition coefficient (Wildman–Crippen LogP) is 6.93. The monoisotopic (exact) mass is 527 g/mol. The molecule has 3 rings (SSSR count). The Morgan fingerprint density at radius 3 is 2.31 bits per heavy atom. The molecule has 0 fully saturated rings. The fourth-order valence-corrected chi connectivity index (χ4v) is 5.20. The zero-order valence-corrected chi connectivity index (χ0v) is 24.2. The zero-order chi connectivity index (χ0) is 26.7. The summed E-state index contributed by atoms with van der Waals surface area (Å²) < 4.78 is 12.7. The summed E-state index contributed by atoms with van der Waals surface area (Å²) in [4.78, 5) is 29.9. The molecule has 0 aliphatic rings. The smallest absolute Gasteiger partial charge is 0.407 e. The van der Waals surface area contributed by atoms with E-state index in [1.807, 2.05) is 36.4 Å². The van der Waals surface area contributed by atoms with Gasteiger partial charge in [0.15, 0.2) is 0 Å². The van der Waals surface area contributed by atoms with Crippen LogP contribution in [0.25, 0.3) is 10.1 Å². The van der Waals surface area contributed by atoms with Crippen LogP contribution in [0.5, 0.6) is 5.75 Å².